The standard InChI is InChI=1S/C14H28N4O4S/c1-3-12-11-17(9-10-22-12)13(4-2)14(19)16-5-7-18(8-6-16)23(15,20)21/h12-13H,3-11H2,1-2H3,(H2,15,20,21)/t12-,13-/m0/s1. The normalized spacial score (nSPS) is 26.2. The van der Waals surface area contributed by atoms with Gasteiger partial charge in [0, 0.05) is 39.3 Å². The van der Waals surface area contributed by atoms with Crippen molar-refractivity contribution < 1.29 is 17.9 Å². The Morgan fingerprint density at radius 1 is 1.22 bits per heavy atom. The number of piperazine rings is 1. The zero-order valence-corrected chi connectivity index (χ0v) is 14.8. The molecule has 2 aliphatic heterocycles. The molecule has 2 heterocycles. The molecular formula is C14H28N4O4S. The molecule has 0 spiro atoms. The summed E-state index contributed by atoms with van der Waals surface area (Å²) in [6.07, 6.45) is 1.86. The minimum atomic E-state index is -3.66. The maximum absolute atomic E-state index is 12.8. The number of carbonyl (C=O) groups is 1. The maximum Gasteiger partial charge on any atom is 0.277 e. The van der Waals surface area contributed by atoms with Gasteiger partial charge in [-0.3, -0.25) is 9.69 Å². The van der Waals surface area contributed by atoms with Crippen LogP contribution in [-0.4, -0.2) is 86.5 Å². The molecule has 0 saturated carbocycles. The first kappa shape index (κ1) is 18.6. The second-order valence-corrected chi connectivity index (χ2v) is 7.64. The minimum absolute atomic E-state index is 0.0818. The Morgan fingerprint density at radius 3 is 2.39 bits per heavy atom. The molecule has 2 atom stereocenters. The van der Waals surface area contributed by atoms with Gasteiger partial charge in [-0.05, 0) is 12.8 Å². The topological polar surface area (TPSA) is 96.2 Å². The van der Waals surface area contributed by atoms with Crippen LogP contribution in [0.5, 0.6) is 0 Å². The fourth-order valence-electron chi connectivity index (χ4n) is 3.23. The minimum Gasteiger partial charge on any atom is -0.376 e. The van der Waals surface area contributed by atoms with Crippen LogP contribution in [0.15, 0.2) is 0 Å². The van der Waals surface area contributed by atoms with Crippen LogP contribution in [0.2, 0.25) is 0 Å². The lowest BCUT2D eigenvalue weighted by Crippen LogP contribution is -2.58. The smallest absolute Gasteiger partial charge is 0.277 e. The van der Waals surface area contributed by atoms with Crippen molar-refractivity contribution in [3.05, 3.63) is 0 Å². The summed E-state index contributed by atoms with van der Waals surface area (Å²) in [6, 6.07) is -0.158. The highest BCUT2D eigenvalue weighted by atomic mass is 32.2. The number of ether oxygens (including phenoxy) is 1. The van der Waals surface area contributed by atoms with Crippen molar-refractivity contribution in [2.24, 2.45) is 5.14 Å². The summed E-state index contributed by atoms with van der Waals surface area (Å²) in [5.41, 5.74) is 0. The highest BCUT2D eigenvalue weighted by molar-refractivity contribution is 7.86. The summed E-state index contributed by atoms with van der Waals surface area (Å²) in [4.78, 5) is 16.8. The molecule has 134 valence electrons. The summed E-state index contributed by atoms with van der Waals surface area (Å²) in [5, 5.41) is 5.14. The van der Waals surface area contributed by atoms with Crippen LogP contribution in [0.25, 0.3) is 0 Å². The molecule has 2 N–H and O–H groups in total. The first-order chi connectivity index (χ1) is 10.9. The molecule has 23 heavy (non-hydrogen) atoms. The van der Waals surface area contributed by atoms with E-state index in [1.165, 1.54) is 4.31 Å². The summed E-state index contributed by atoms with van der Waals surface area (Å²) < 4.78 is 29.6. The van der Waals surface area contributed by atoms with Crippen LogP contribution >= 0.6 is 0 Å². The molecule has 2 rings (SSSR count). The molecular weight excluding hydrogens is 320 g/mol. The SMILES string of the molecule is CC[C@H]1CN([C@@H](CC)C(=O)N2CCN(S(N)(=O)=O)CC2)CCO1. The second-order valence-electron chi connectivity index (χ2n) is 6.09. The Morgan fingerprint density at radius 2 is 1.87 bits per heavy atom. The number of nitrogens with zero attached hydrogens (tertiary/aromatic N) is 3. The molecule has 0 aromatic carbocycles. The highest BCUT2D eigenvalue weighted by Crippen LogP contribution is 2.17. The van der Waals surface area contributed by atoms with Gasteiger partial charge in [0.25, 0.3) is 10.2 Å². The van der Waals surface area contributed by atoms with Gasteiger partial charge in [0.1, 0.15) is 0 Å². The van der Waals surface area contributed by atoms with Crippen molar-refractivity contribution in [2.75, 3.05) is 45.9 Å². The van der Waals surface area contributed by atoms with Gasteiger partial charge in [-0.1, -0.05) is 13.8 Å². The van der Waals surface area contributed by atoms with Crippen molar-refractivity contribution in [1.29, 1.82) is 0 Å². The number of carbonyl (C=O) groups excluding carboxylic acids is 1. The predicted molar refractivity (Wildman–Crippen MR) is 86.9 cm³/mol. The summed E-state index contributed by atoms with van der Waals surface area (Å²) in [5.74, 6) is 0.0818. The molecule has 1 amide bonds. The monoisotopic (exact) mass is 348 g/mol. The summed E-state index contributed by atoms with van der Waals surface area (Å²) in [7, 11) is -3.66. The van der Waals surface area contributed by atoms with Crippen molar-refractivity contribution in [2.45, 2.75) is 38.8 Å². The summed E-state index contributed by atoms with van der Waals surface area (Å²) in [6.45, 7) is 7.62. The van der Waals surface area contributed by atoms with Crippen LogP contribution in [0.1, 0.15) is 26.7 Å². The summed E-state index contributed by atoms with van der Waals surface area (Å²) >= 11 is 0. The van der Waals surface area contributed by atoms with E-state index in [1.54, 1.807) is 4.90 Å². The first-order valence-electron chi connectivity index (χ1n) is 8.29. The van der Waals surface area contributed by atoms with Gasteiger partial charge in [0.2, 0.25) is 5.91 Å². The fourth-order valence-corrected chi connectivity index (χ4v) is 3.91. The van der Waals surface area contributed by atoms with Crippen LogP contribution in [0.4, 0.5) is 0 Å². The average molecular weight is 348 g/mol. The predicted octanol–water partition coefficient (Wildman–Crippen LogP) is -0.776. The third-order valence-electron chi connectivity index (χ3n) is 4.65. The third-order valence-corrected chi connectivity index (χ3v) is 5.73. The molecule has 2 fully saturated rings. The lowest BCUT2D eigenvalue weighted by Gasteiger charge is -2.40. The van der Waals surface area contributed by atoms with Crippen molar-refractivity contribution in [3.63, 3.8) is 0 Å². The number of hydrogen-bond acceptors (Lipinski definition) is 5. The average Bonchev–Trinajstić information content (AvgIpc) is 2.55. The van der Waals surface area contributed by atoms with Crippen LogP contribution in [0, 0.1) is 0 Å². The molecule has 2 saturated heterocycles. The highest BCUT2D eigenvalue weighted by Gasteiger charge is 2.34. The van der Waals surface area contributed by atoms with Crippen LogP contribution in [-0.2, 0) is 19.7 Å². The van der Waals surface area contributed by atoms with Crippen molar-refractivity contribution in [3.8, 4) is 0 Å². The molecule has 0 aliphatic carbocycles. The number of hydrogen-bond donors (Lipinski definition) is 1. The van der Waals surface area contributed by atoms with Gasteiger partial charge >= 0.3 is 0 Å². The lowest BCUT2D eigenvalue weighted by molar-refractivity contribution is -0.141. The van der Waals surface area contributed by atoms with E-state index in [9.17, 15) is 13.2 Å². The van der Waals surface area contributed by atoms with E-state index in [1.807, 2.05) is 6.92 Å². The van der Waals surface area contributed by atoms with Crippen LogP contribution < -0.4 is 5.14 Å². The van der Waals surface area contributed by atoms with Gasteiger partial charge in [-0.25, -0.2) is 5.14 Å². The zero-order chi connectivity index (χ0) is 17.0. The Balaban J connectivity index is 1.95. The van der Waals surface area contributed by atoms with Gasteiger partial charge in [-0.15, -0.1) is 0 Å². The largest absolute Gasteiger partial charge is 0.376 e. The Labute approximate surface area is 138 Å². The molecule has 2 aliphatic rings. The van der Waals surface area contributed by atoms with Crippen molar-refractivity contribution >= 4 is 16.1 Å². The van der Waals surface area contributed by atoms with Crippen LogP contribution in [0.3, 0.4) is 0 Å². The van der Waals surface area contributed by atoms with E-state index in [0.717, 1.165) is 25.9 Å². The zero-order valence-electron chi connectivity index (χ0n) is 14.0. The van der Waals surface area contributed by atoms with Gasteiger partial charge in [0.15, 0.2) is 0 Å². The maximum atomic E-state index is 12.8. The molecule has 0 bridgehead atoms. The molecule has 0 aromatic rings. The van der Waals surface area contributed by atoms with E-state index in [-0.39, 0.29) is 31.1 Å². The van der Waals surface area contributed by atoms with Gasteiger partial charge < -0.3 is 9.64 Å². The van der Waals surface area contributed by atoms with Gasteiger partial charge in [0.05, 0.1) is 18.8 Å². The number of rotatable bonds is 5. The molecule has 9 heteroatoms. The number of morpholine rings is 1. The Hall–Kier alpha value is -0.740. The molecule has 0 unspecified atom stereocenters. The molecule has 0 radical (unpaired) electrons. The molecule has 0 aromatic heterocycles. The number of amides is 1. The Kier molecular flexibility index (Phi) is 6.38. The van der Waals surface area contributed by atoms with E-state index in [0.29, 0.717) is 19.7 Å². The fraction of sp³-hybridized carbons (Fsp3) is 0.929. The lowest BCUT2D eigenvalue weighted by atomic mass is 10.1. The third kappa shape index (κ3) is 4.63. The van der Waals surface area contributed by atoms with E-state index < -0.39 is 10.2 Å². The van der Waals surface area contributed by atoms with Gasteiger partial charge in [-0.2, -0.15) is 12.7 Å². The second kappa shape index (κ2) is 7.89. The van der Waals surface area contributed by atoms with E-state index in [4.69, 9.17) is 9.88 Å². The molecule has 8 nitrogen and oxygen atoms in total. The number of nitrogens with two attached hydrogens (primary N) is 1. The first-order valence-corrected chi connectivity index (χ1v) is 9.79. The van der Waals surface area contributed by atoms with E-state index in [2.05, 4.69) is 11.8 Å². The van der Waals surface area contributed by atoms with E-state index >= 15 is 0 Å². The van der Waals surface area contributed by atoms with Crippen molar-refractivity contribution in [1.82, 2.24) is 14.1 Å². The Bertz CT molecular complexity index is 505. The quantitative estimate of drug-likeness (QED) is 0.703.